The first-order chi connectivity index (χ1) is 10.3. The number of anilines is 1. The molecule has 0 aliphatic carbocycles. The van der Waals surface area contributed by atoms with E-state index in [0.29, 0.717) is 0 Å². The average molecular weight is 349 g/mol. The molecule has 0 aliphatic heterocycles. The maximum absolute atomic E-state index is 12.9. The van der Waals surface area contributed by atoms with Crippen LogP contribution in [0, 0.1) is 0 Å². The highest BCUT2D eigenvalue weighted by Crippen LogP contribution is 2.36. The van der Waals surface area contributed by atoms with Gasteiger partial charge < -0.3 is 9.73 Å². The summed E-state index contributed by atoms with van der Waals surface area (Å²) >= 11 is 10.4. The summed E-state index contributed by atoms with van der Waals surface area (Å²) in [5, 5.41) is 4.16. The van der Waals surface area contributed by atoms with Crippen LogP contribution in [0.15, 0.2) is 41.0 Å². The Morgan fingerprint density at radius 3 is 2.59 bits per heavy atom. The van der Waals surface area contributed by atoms with E-state index in [2.05, 4.69) is 10.6 Å². The van der Waals surface area contributed by atoms with Gasteiger partial charge in [-0.1, -0.05) is 11.6 Å². The lowest BCUT2D eigenvalue weighted by Gasteiger charge is -2.15. The highest BCUT2D eigenvalue weighted by atomic mass is 35.5. The summed E-state index contributed by atoms with van der Waals surface area (Å²) in [4.78, 5) is 11.7. The molecule has 0 fully saturated rings. The first kappa shape index (κ1) is 16.3. The van der Waals surface area contributed by atoms with Crippen LogP contribution >= 0.6 is 23.8 Å². The molecule has 4 nitrogen and oxygen atoms in total. The molecule has 1 heterocycles. The third-order valence-corrected chi connectivity index (χ3v) is 2.95. The van der Waals surface area contributed by atoms with Crippen LogP contribution in [0.25, 0.3) is 0 Å². The number of amides is 1. The normalized spacial score (nSPS) is 11.1. The molecule has 116 valence electrons. The molecule has 9 heteroatoms. The zero-order chi connectivity index (χ0) is 16.3. The number of furan rings is 1. The van der Waals surface area contributed by atoms with Crippen molar-refractivity contribution in [2.75, 3.05) is 5.32 Å². The summed E-state index contributed by atoms with van der Waals surface area (Å²) < 4.78 is 43.6. The van der Waals surface area contributed by atoms with Crippen LogP contribution in [-0.4, -0.2) is 11.0 Å². The van der Waals surface area contributed by atoms with Crippen molar-refractivity contribution in [2.45, 2.75) is 6.18 Å². The van der Waals surface area contributed by atoms with E-state index >= 15 is 0 Å². The lowest BCUT2D eigenvalue weighted by atomic mass is 10.1. The molecular weight excluding hydrogens is 341 g/mol. The van der Waals surface area contributed by atoms with Crippen molar-refractivity contribution >= 4 is 40.5 Å². The molecule has 0 radical (unpaired) electrons. The van der Waals surface area contributed by atoms with E-state index in [0.717, 1.165) is 12.1 Å². The Morgan fingerprint density at radius 1 is 1.27 bits per heavy atom. The lowest BCUT2D eigenvalue weighted by molar-refractivity contribution is -0.136. The van der Waals surface area contributed by atoms with Gasteiger partial charge >= 0.3 is 6.18 Å². The van der Waals surface area contributed by atoms with Crippen molar-refractivity contribution in [1.29, 1.82) is 0 Å². The number of hydrogen-bond donors (Lipinski definition) is 2. The zero-order valence-corrected chi connectivity index (χ0v) is 12.3. The molecule has 2 N–H and O–H groups in total. The monoisotopic (exact) mass is 348 g/mol. The Balaban J connectivity index is 2.14. The van der Waals surface area contributed by atoms with Gasteiger partial charge in [-0.25, -0.2) is 0 Å². The fraction of sp³-hybridized carbons (Fsp3) is 0.0769. The smallest absolute Gasteiger partial charge is 0.418 e. The number of alkyl halides is 3. The zero-order valence-electron chi connectivity index (χ0n) is 10.7. The van der Waals surface area contributed by atoms with Crippen LogP contribution in [0.2, 0.25) is 5.02 Å². The highest BCUT2D eigenvalue weighted by Gasteiger charge is 2.34. The number of nitrogens with one attached hydrogen (secondary N) is 2. The van der Waals surface area contributed by atoms with Gasteiger partial charge in [-0.3, -0.25) is 10.1 Å². The second-order valence-corrected chi connectivity index (χ2v) is 4.92. The van der Waals surface area contributed by atoms with Crippen LogP contribution in [0.1, 0.15) is 16.1 Å². The molecule has 1 amide bonds. The van der Waals surface area contributed by atoms with E-state index in [1.54, 1.807) is 0 Å². The minimum atomic E-state index is -4.62. The molecule has 0 spiro atoms. The molecule has 22 heavy (non-hydrogen) atoms. The number of halogens is 4. The molecule has 2 rings (SSSR count). The topological polar surface area (TPSA) is 54.3 Å². The Morgan fingerprint density at radius 2 is 2.00 bits per heavy atom. The van der Waals surface area contributed by atoms with Crippen molar-refractivity contribution in [3.05, 3.63) is 52.9 Å². The van der Waals surface area contributed by atoms with E-state index < -0.39 is 17.6 Å². The minimum absolute atomic E-state index is 0.0173. The molecule has 0 atom stereocenters. The largest absolute Gasteiger partial charge is 0.459 e. The van der Waals surface area contributed by atoms with Gasteiger partial charge in [0.05, 0.1) is 17.5 Å². The minimum Gasteiger partial charge on any atom is -0.459 e. The molecule has 0 bridgehead atoms. The van der Waals surface area contributed by atoms with Gasteiger partial charge in [0, 0.05) is 5.02 Å². The predicted octanol–water partition coefficient (Wildman–Crippen LogP) is 4.08. The van der Waals surface area contributed by atoms with Gasteiger partial charge in [0.15, 0.2) is 10.9 Å². The standard InChI is InChI=1S/C13H8ClF3N2O2S/c14-7-3-4-9(8(6-7)13(15,16)17)18-12(22)19-11(20)10-2-1-5-21-10/h1-6H,(H2,18,19,20,22). The third kappa shape index (κ3) is 3.99. The molecule has 0 saturated carbocycles. The van der Waals surface area contributed by atoms with Gasteiger partial charge in [-0.05, 0) is 42.5 Å². The van der Waals surface area contributed by atoms with Gasteiger partial charge in [-0.15, -0.1) is 0 Å². The van der Waals surface area contributed by atoms with E-state index in [9.17, 15) is 18.0 Å². The maximum Gasteiger partial charge on any atom is 0.418 e. The van der Waals surface area contributed by atoms with E-state index in [1.807, 2.05) is 0 Å². The highest BCUT2D eigenvalue weighted by molar-refractivity contribution is 7.80. The summed E-state index contributed by atoms with van der Waals surface area (Å²) in [7, 11) is 0. The third-order valence-electron chi connectivity index (χ3n) is 2.51. The SMILES string of the molecule is O=C(NC(=S)Nc1ccc(Cl)cc1C(F)(F)F)c1ccco1. The summed E-state index contributed by atoms with van der Waals surface area (Å²) in [6, 6.07) is 6.04. The Hall–Kier alpha value is -2.06. The quantitative estimate of drug-likeness (QED) is 0.803. The van der Waals surface area contributed by atoms with Crippen LogP contribution in [0.3, 0.4) is 0 Å². The van der Waals surface area contributed by atoms with Crippen molar-refractivity contribution < 1.29 is 22.4 Å². The molecule has 1 aromatic heterocycles. The molecule has 2 aromatic rings. The molecule has 1 aromatic carbocycles. The maximum atomic E-state index is 12.9. The fourth-order valence-corrected chi connectivity index (χ4v) is 1.96. The van der Waals surface area contributed by atoms with Gasteiger partial charge in [0.2, 0.25) is 0 Å². The average Bonchev–Trinajstić information content (AvgIpc) is 2.93. The molecular formula is C13H8ClF3N2O2S. The number of rotatable bonds is 2. The van der Waals surface area contributed by atoms with Crippen molar-refractivity contribution in [3.63, 3.8) is 0 Å². The second-order valence-electron chi connectivity index (χ2n) is 4.07. The summed E-state index contributed by atoms with van der Waals surface area (Å²) in [5.41, 5.74) is -1.31. The fourth-order valence-electron chi connectivity index (χ4n) is 1.59. The molecule has 0 aliphatic rings. The molecule has 0 unspecified atom stereocenters. The number of benzene rings is 1. The van der Waals surface area contributed by atoms with Crippen LogP contribution in [0.4, 0.5) is 18.9 Å². The second kappa shape index (κ2) is 6.37. The van der Waals surface area contributed by atoms with Crippen LogP contribution in [0.5, 0.6) is 0 Å². The number of carbonyl (C=O) groups is 1. The predicted molar refractivity (Wildman–Crippen MR) is 78.8 cm³/mol. The summed E-state index contributed by atoms with van der Waals surface area (Å²) in [5.74, 6) is -0.693. The number of hydrogen-bond acceptors (Lipinski definition) is 3. The van der Waals surface area contributed by atoms with Crippen molar-refractivity contribution in [3.8, 4) is 0 Å². The van der Waals surface area contributed by atoms with Crippen LogP contribution < -0.4 is 10.6 Å². The van der Waals surface area contributed by atoms with E-state index in [4.69, 9.17) is 28.2 Å². The summed E-state index contributed by atoms with van der Waals surface area (Å²) in [6.07, 6.45) is -3.33. The van der Waals surface area contributed by atoms with Gasteiger partial charge in [0.25, 0.3) is 5.91 Å². The molecule has 0 saturated heterocycles. The Kier molecular flexibility index (Phi) is 4.72. The van der Waals surface area contributed by atoms with E-state index in [-0.39, 0.29) is 21.6 Å². The Labute approximate surface area is 133 Å². The van der Waals surface area contributed by atoms with Crippen molar-refractivity contribution in [2.24, 2.45) is 0 Å². The first-order valence-corrected chi connectivity index (χ1v) is 6.58. The lowest BCUT2D eigenvalue weighted by Crippen LogP contribution is -2.34. The number of carbonyl (C=O) groups excluding carboxylic acids is 1. The van der Waals surface area contributed by atoms with Crippen LogP contribution in [-0.2, 0) is 6.18 Å². The van der Waals surface area contributed by atoms with Gasteiger partial charge in [-0.2, -0.15) is 13.2 Å². The summed E-state index contributed by atoms with van der Waals surface area (Å²) in [6.45, 7) is 0. The Bertz CT molecular complexity index is 702. The first-order valence-electron chi connectivity index (χ1n) is 5.80. The van der Waals surface area contributed by atoms with Gasteiger partial charge in [0.1, 0.15) is 0 Å². The number of thiocarbonyl (C=S) groups is 1. The van der Waals surface area contributed by atoms with Crippen molar-refractivity contribution in [1.82, 2.24) is 5.32 Å². The van der Waals surface area contributed by atoms with E-state index in [1.165, 1.54) is 24.5 Å².